The number of ether oxygens (including phenoxy) is 1. The van der Waals surface area contributed by atoms with Gasteiger partial charge in [-0.3, -0.25) is 4.79 Å². The van der Waals surface area contributed by atoms with Crippen molar-refractivity contribution < 1.29 is 9.53 Å². The number of rotatable bonds is 4. The Morgan fingerprint density at radius 1 is 1.36 bits per heavy atom. The summed E-state index contributed by atoms with van der Waals surface area (Å²) in [5.41, 5.74) is 0. The van der Waals surface area contributed by atoms with E-state index in [2.05, 4.69) is 4.74 Å². The number of carbonyl (C=O) groups is 1. The molecule has 0 aromatic carbocycles. The molecule has 0 bridgehead atoms. The lowest BCUT2D eigenvalue weighted by atomic mass is 10.3. The van der Waals surface area contributed by atoms with Crippen LogP contribution in [0.2, 0.25) is 0 Å². The van der Waals surface area contributed by atoms with Crippen LogP contribution in [0.3, 0.4) is 0 Å². The van der Waals surface area contributed by atoms with Crippen LogP contribution in [0.15, 0.2) is 24.3 Å². The standard InChI is InChI=1S/C9H14O2/c1-3-4-5-6-7-8-11-9(2)10/h3-4,6-7H,5,8H2,1-2H3. The highest BCUT2D eigenvalue weighted by Gasteiger charge is 1.85. The van der Waals surface area contributed by atoms with Crippen molar-refractivity contribution in [3.8, 4) is 0 Å². The lowest BCUT2D eigenvalue weighted by Crippen LogP contribution is -1.97. The first kappa shape index (κ1) is 9.95. The molecule has 11 heavy (non-hydrogen) atoms. The molecule has 0 fully saturated rings. The number of carbonyl (C=O) groups excluding carboxylic acids is 1. The summed E-state index contributed by atoms with van der Waals surface area (Å²) >= 11 is 0. The van der Waals surface area contributed by atoms with E-state index >= 15 is 0 Å². The molecule has 0 aromatic heterocycles. The molecule has 2 heteroatoms. The highest BCUT2D eigenvalue weighted by Crippen LogP contribution is 1.86. The maximum atomic E-state index is 10.3. The van der Waals surface area contributed by atoms with Crippen molar-refractivity contribution in [2.75, 3.05) is 6.61 Å². The van der Waals surface area contributed by atoms with Crippen molar-refractivity contribution >= 4 is 5.97 Å². The minimum atomic E-state index is -0.235. The Morgan fingerprint density at radius 3 is 2.64 bits per heavy atom. The van der Waals surface area contributed by atoms with Gasteiger partial charge in [0.05, 0.1) is 0 Å². The number of allylic oxidation sites excluding steroid dienone is 3. The van der Waals surface area contributed by atoms with E-state index in [1.807, 2.05) is 31.2 Å². The van der Waals surface area contributed by atoms with Crippen molar-refractivity contribution in [2.24, 2.45) is 0 Å². The molecular weight excluding hydrogens is 140 g/mol. The predicted molar refractivity (Wildman–Crippen MR) is 45.2 cm³/mol. The summed E-state index contributed by atoms with van der Waals surface area (Å²) < 4.78 is 4.67. The van der Waals surface area contributed by atoms with E-state index < -0.39 is 0 Å². The average molecular weight is 154 g/mol. The molecule has 0 radical (unpaired) electrons. The second-order valence-corrected chi connectivity index (χ2v) is 2.08. The van der Waals surface area contributed by atoms with Gasteiger partial charge in [0.25, 0.3) is 0 Å². The highest BCUT2D eigenvalue weighted by molar-refractivity contribution is 5.65. The Bertz CT molecular complexity index is 157. The summed E-state index contributed by atoms with van der Waals surface area (Å²) in [6.45, 7) is 3.76. The van der Waals surface area contributed by atoms with E-state index in [0.29, 0.717) is 6.61 Å². The van der Waals surface area contributed by atoms with Crippen LogP contribution in [0.4, 0.5) is 0 Å². The smallest absolute Gasteiger partial charge is 0.302 e. The average Bonchev–Trinajstić information content (AvgIpc) is 1.96. The summed E-state index contributed by atoms with van der Waals surface area (Å²) in [7, 11) is 0. The van der Waals surface area contributed by atoms with E-state index in [4.69, 9.17) is 0 Å². The summed E-state index contributed by atoms with van der Waals surface area (Å²) in [6.07, 6.45) is 8.71. The number of esters is 1. The molecule has 0 spiro atoms. The van der Waals surface area contributed by atoms with Crippen molar-refractivity contribution in [1.82, 2.24) is 0 Å². The number of hydrogen-bond donors (Lipinski definition) is 0. The SMILES string of the molecule is CC=CCC=CCOC(C)=O. The first-order valence-corrected chi connectivity index (χ1v) is 3.67. The molecule has 0 aliphatic heterocycles. The zero-order valence-corrected chi connectivity index (χ0v) is 7.04. The largest absolute Gasteiger partial charge is 0.462 e. The van der Waals surface area contributed by atoms with Gasteiger partial charge in [-0.05, 0) is 13.3 Å². The maximum absolute atomic E-state index is 10.3. The second kappa shape index (κ2) is 7.06. The van der Waals surface area contributed by atoms with Crippen LogP contribution in [0.5, 0.6) is 0 Å². The summed E-state index contributed by atoms with van der Waals surface area (Å²) in [6, 6.07) is 0. The third-order valence-corrected chi connectivity index (χ3v) is 1.06. The maximum Gasteiger partial charge on any atom is 0.302 e. The second-order valence-electron chi connectivity index (χ2n) is 2.08. The van der Waals surface area contributed by atoms with Gasteiger partial charge in [0.15, 0.2) is 0 Å². The summed E-state index contributed by atoms with van der Waals surface area (Å²) in [5.74, 6) is -0.235. The minimum absolute atomic E-state index is 0.235. The van der Waals surface area contributed by atoms with Crippen molar-refractivity contribution in [3.05, 3.63) is 24.3 Å². The molecule has 0 saturated heterocycles. The van der Waals surface area contributed by atoms with Crippen LogP contribution in [0.25, 0.3) is 0 Å². The molecule has 0 aliphatic rings. The Hall–Kier alpha value is -1.05. The number of hydrogen-bond acceptors (Lipinski definition) is 2. The van der Waals surface area contributed by atoms with Crippen LogP contribution in [0.1, 0.15) is 20.3 Å². The molecule has 0 N–H and O–H groups in total. The van der Waals surface area contributed by atoms with E-state index in [-0.39, 0.29) is 5.97 Å². The minimum Gasteiger partial charge on any atom is -0.462 e. The zero-order valence-electron chi connectivity index (χ0n) is 7.04. The Balaban J connectivity index is 3.23. The van der Waals surface area contributed by atoms with Gasteiger partial charge in [-0.2, -0.15) is 0 Å². The van der Waals surface area contributed by atoms with Gasteiger partial charge in [-0.15, -0.1) is 0 Å². The third-order valence-electron chi connectivity index (χ3n) is 1.06. The van der Waals surface area contributed by atoms with Crippen molar-refractivity contribution in [3.63, 3.8) is 0 Å². The van der Waals surface area contributed by atoms with E-state index in [1.54, 1.807) is 0 Å². The van der Waals surface area contributed by atoms with Gasteiger partial charge < -0.3 is 4.74 Å². The van der Waals surface area contributed by atoms with Crippen LogP contribution in [-0.2, 0) is 9.53 Å². The van der Waals surface area contributed by atoms with Gasteiger partial charge in [0.2, 0.25) is 0 Å². The molecule has 0 atom stereocenters. The molecule has 0 aromatic rings. The van der Waals surface area contributed by atoms with E-state index in [0.717, 1.165) is 6.42 Å². The first-order valence-electron chi connectivity index (χ1n) is 3.67. The van der Waals surface area contributed by atoms with Gasteiger partial charge >= 0.3 is 5.97 Å². The Labute approximate surface area is 67.6 Å². The fraction of sp³-hybridized carbons (Fsp3) is 0.444. The first-order chi connectivity index (χ1) is 5.27. The third kappa shape index (κ3) is 8.95. The van der Waals surface area contributed by atoms with Crippen LogP contribution in [0, 0.1) is 0 Å². The molecule has 0 heterocycles. The van der Waals surface area contributed by atoms with Gasteiger partial charge in [-0.25, -0.2) is 0 Å². The fourth-order valence-corrected chi connectivity index (χ4v) is 0.544. The fourth-order valence-electron chi connectivity index (χ4n) is 0.544. The Kier molecular flexibility index (Phi) is 6.39. The van der Waals surface area contributed by atoms with Gasteiger partial charge in [0.1, 0.15) is 6.61 Å². The lowest BCUT2D eigenvalue weighted by Gasteiger charge is -1.93. The molecule has 2 nitrogen and oxygen atoms in total. The van der Waals surface area contributed by atoms with Crippen molar-refractivity contribution in [1.29, 1.82) is 0 Å². The molecule has 0 rings (SSSR count). The molecule has 0 unspecified atom stereocenters. The molecule has 0 aliphatic carbocycles. The van der Waals surface area contributed by atoms with Crippen LogP contribution < -0.4 is 0 Å². The van der Waals surface area contributed by atoms with Crippen LogP contribution in [-0.4, -0.2) is 12.6 Å². The lowest BCUT2D eigenvalue weighted by molar-refractivity contribution is -0.139. The summed E-state index contributed by atoms with van der Waals surface area (Å²) in [5, 5.41) is 0. The normalized spacial score (nSPS) is 11.1. The quantitative estimate of drug-likeness (QED) is 0.457. The van der Waals surface area contributed by atoms with Gasteiger partial charge in [0, 0.05) is 6.92 Å². The molecule has 62 valence electrons. The van der Waals surface area contributed by atoms with E-state index in [1.165, 1.54) is 6.92 Å². The predicted octanol–water partition coefficient (Wildman–Crippen LogP) is 2.07. The zero-order chi connectivity index (χ0) is 8.53. The Morgan fingerprint density at radius 2 is 2.09 bits per heavy atom. The highest BCUT2D eigenvalue weighted by atomic mass is 16.5. The molecule has 0 saturated carbocycles. The van der Waals surface area contributed by atoms with Gasteiger partial charge in [-0.1, -0.05) is 24.3 Å². The van der Waals surface area contributed by atoms with Crippen molar-refractivity contribution in [2.45, 2.75) is 20.3 Å². The topological polar surface area (TPSA) is 26.3 Å². The van der Waals surface area contributed by atoms with Crippen LogP contribution >= 0.6 is 0 Å². The monoisotopic (exact) mass is 154 g/mol. The molecular formula is C9H14O2. The summed E-state index contributed by atoms with van der Waals surface area (Å²) in [4.78, 5) is 10.3. The van der Waals surface area contributed by atoms with E-state index in [9.17, 15) is 4.79 Å². The molecule has 0 amide bonds.